The van der Waals surface area contributed by atoms with E-state index in [1.54, 1.807) is 0 Å². The number of rotatable bonds is 5. The molecule has 0 aromatic heterocycles. The largest absolute Gasteiger partial charge is 0.352 e. The maximum Gasteiger partial charge on any atom is 0.234 e. The van der Waals surface area contributed by atoms with E-state index in [0.29, 0.717) is 18.5 Å². The molecule has 1 heterocycles. The van der Waals surface area contributed by atoms with Crippen LogP contribution in [0.25, 0.3) is 0 Å². The number of likely N-dealkylation sites (tertiary alicyclic amines) is 1. The highest BCUT2D eigenvalue weighted by Gasteiger charge is 2.22. The Balaban J connectivity index is 1.68. The molecule has 0 radical (unpaired) electrons. The van der Waals surface area contributed by atoms with Crippen LogP contribution in [0, 0.1) is 5.92 Å². The molecule has 110 valence electrons. The van der Waals surface area contributed by atoms with Crippen molar-refractivity contribution >= 4 is 5.91 Å². The van der Waals surface area contributed by atoms with Crippen molar-refractivity contribution in [1.29, 1.82) is 0 Å². The van der Waals surface area contributed by atoms with E-state index < -0.39 is 0 Å². The lowest BCUT2D eigenvalue weighted by Crippen LogP contribution is -2.46. The maximum absolute atomic E-state index is 12.1. The van der Waals surface area contributed by atoms with Gasteiger partial charge in [-0.1, -0.05) is 19.3 Å². The average Bonchev–Trinajstić information content (AvgIpc) is 2.40. The molecule has 4 nitrogen and oxygen atoms in total. The average molecular weight is 267 g/mol. The van der Waals surface area contributed by atoms with Crippen molar-refractivity contribution in [1.82, 2.24) is 15.5 Å². The number of piperidine rings is 1. The molecule has 2 fully saturated rings. The van der Waals surface area contributed by atoms with Gasteiger partial charge in [-0.05, 0) is 51.7 Å². The monoisotopic (exact) mass is 267 g/mol. The number of carbonyl (C=O) groups is 1. The number of hydrogen-bond donors (Lipinski definition) is 2. The van der Waals surface area contributed by atoms with Gasteiger partial charge in [-0.25, -0.2) is 0 Å². The van der Waals surface area contributed by atoms with Gasteiger partial charge in [0.1, 0.15) is 0 Å². The second kappa shape index (κ2) is 7.85. The predicted octanol–water partition coefficient (Wildman–Crippen LogP) is 1.37. The minimum absolute atomic E-state index is 0.233. The Morgan fingerprint density at radius 1 is 1.16 bits per heavy atom. The van der Waals surface area contributed by atoms with Gasteiger partial charge >= 0.3 is 0 Å². The van der Waals surface area contributed by atoms with Crippen LogP contribution in [0.5, 0.6) is 0 Å². The number of carbonyl (C=O) groups excluding carboxylic acids is 1. The summed E-state index contributed by atoms with van der Waals surface area (Å²) in [6.45, 7) is 3.81. The number of nitrogens with zero attached hydrogens (tertiary/aromatic N) is 1. The van der Waals surface area contributed by atoms with E-state index in [1.165, 1.54) is 44.9 Å². The third-order valence-corrected chi connectivity index (χ3v) is 4.43. The highest BCUT2D eigenvalue weighted by Crippen LogP contribution is 2.18. The summed E-state index contributed by atoms with van der Waals surface area (Å²) < 4.78 is 0. The summed E-state index contributed by atoms with van der Waals surface area (Å²) >= 11 is 0. The highest BCUT2D eigenvalue weighted by atomic mass is 16.2. The van der Waals surface area contributed by atoms with Crippen LogP contribution in [-0.4, -0.2) is 50.1 Å². The van der Waals surface area contributed by atoms with E-state index >= 15 is 0 Å². The molecule has 1 saturated carbocycles. The smallest absolute Gasteiger partial charge is 0.234 e. The molecule has 1 atom stereocenters. The Kier molecular flexibility index (Phi) is 6.11. The van der Waals surface area contributed by atoms with Crippen LogP contribution >= 0.6 is 0 Å². The lowest BCUT2D eigenvalue weighted by molar-refractivity contribution is -0.123. The van der Waals surface area contributed by atoms with E-state index in [0.717, 1.165) is 19.6 Å². The first-order valence-corrected chi connectivity index (χ1v) is 7.94. The summed E-state index contributed by atoms with van der Waals surface area (Å²) in [7, 11) is 2.01. The second-order valence-corrected chi connectivity index (χ2v) is 6.20. The topological polar surface area (TPSA) is 44.4 Å². The zero-order valence-corrected chi connectivity index (χ0v) is 12.3. The third kappa shape index (κ3) is 5.11. The van der Waals surface area contributed by atoms with Crippen molar-refractivity contribution in [3.63, 3.8) is 0 Å². The fourth-order valence-electron chi connectivity index (χ4n) is 3.47. The van der Waals surface area contributed by atoms with Crippen molar-refractivity contribution in [2.24, 2.45) is 5.92 Å². The Morgan fingerprint density at radius 3 is 2.68 bits per heavy atom. The molecular weight excluding hydrogens is 238 g/mol. The lowest BCUT2D eigenvalue weighted by Gasteiger charge is -2.32. The van der Waals surface area contributed by atoms with Crippen LogP contribution in [0.4, 0.5) is 0 Å². The Morgan fingerprint density at radius 2 is 1.95 bits per heavy atom. The third-order valence-electron chi connectivity index (χ3n) is 4.43. The van der Waals surface area contributed by atoms with Gasteiger partial charge in [0.05, 0.1) is 6.54 Å². The molecule has 0 aromatic carbocycles. The molecule has 2 N–H and O–H groups in total. The Bertz CT molecular complexity index is 275. The van der Waals surface area contributed by atoms with Crippen molar-refractivity contribution in [2.45, 2.75) is 51.0 Å². The summed E-state index contributed by atoms with van der Waals surface area (Å²) in [5.41, 5.74) is 0. The van der Waals surface area contributed by atoms with Gasteiger partial charge in [0.15, 0.2) is 0 Å². The fraction of sp³-hybridized carbons (Fsp3) is 0.933. The van der Waals surface area contributed by atoms with E-state index in [-0.39, 0.29) is 5.91 Å². The first-order chi connectivity index (χ1) is 9.28. The standard InChI is InChI=1S/C15H29N3O/c1-16-10-13-6-5-9-18(11-13)12-15(19)17-14-7-3-2-4-8-14/h13-14,16H,2-12H2,1H3,(H,17,19). The molecule has 2 aliphatic rings. The van der Waals surface area contributed by atoms with Crippen molar-refractivity contribution in [3.05, 3.63) is 0 Å². The molecule has 1 aliphatic carbocycles. The summed E-state index contributed by atoms with van der Waals surface area (Å²) in [5, 5.41) is 6.47. The molecule has 0 bridgehead atoms. The number of hydrogen-bond acceptors (Lipinski definition) is 3. The van der Waals surface area contributed by atoms with E-state index in [9.17, 15) is 4.79 Å². The summed E-state index contributed by atoms with van der Waals surface area (Å²) in [5.74, 6) is 0.943. The molecule has 1 aliphatic heterocycles. The lowest BCUT2D eigenvalue weighted by atomic mass is 9.95. The van der Waals surface area contributed by atoms with Crippen molar-refractivity contribution in [2.75, 3.05) is 33.2 Å². The fourth-order valence-corrected chi connectivity index (χ4v) is 3.47. The van der Waals surface area contributed by atoms with Crippen LogP contribution in [0.2, 0.25) is 0 Å². The van der Waals surface area contributed by atoms with Gasteiger partial charge < -0.3 is 10.6 Å². The molecular formula is C15H29N3O. The first kappa shape index (κ1) is 14.8. The van der Waals surface area contributed by atoms with Gasteiger partial charge in [-0.3, -0.25) is 9.69 Å². The quantitative estimate of drug-likeness (QED) is 0.791. The maximum atomic E-state index is 12.1. The molecule has 0 spiro atoms. The summed E-state index contributed by atoms with van der Waals surface area (Å²) in [6.07, 6.45) is 8.76. The zero-order valence-electron chi connectivity index (χ0n) is 12.3. The van der Waals surface area contributed by atoms with Gasteiger partial charge in [0.2, 0.25) is 5.91 Å². The van der Waals surface area contributed by atoms with Crippen LogP contribution in [-0.2, 0) is 4.79 Å². The first-order valence-electron chi connectivity index (χ1n) is 7.94. The molecule has 2 rings (SSSR count). The molecule has 1 saturated heterocycles. The number of nitrogens with one attached hydrogen (secondary N) is 2. The van der Waals surface area contributed by atoms with Gasteiger partial charge in [0.25, 0.3) is 0 Å². The van der Waals surface area contributed by atoms with Crippen molar-refractivity contribution in [3.8, 4) is 0 Å². The van der Waals surface area contributed by atoms with Crippen molar-refractivity contribution < 1.29 is 4.79 Å². The van der Waals surface area contributed by atoms with Crippen LogP contribution in [0.15, 0.2) is 0 Å². The van der Waals surface area contributed by atoms with E-state index in [2.05, 4.69) is 15.5 Å². The highest BCUT2D eigenvalue weighted by molar-refractivity contribution is 5.78. The van der Waals surface area contributed by atoms with Gasteiger partial charge in [-0.2, -0.15) is 0 Å². The van der Waals surface area contributed by atoms with E-state index in [4.69, 9.17) is 0 Å². The summed E-state index contributed by atoms with van der Waals surface area (Å²) in [4.78, 5) is 14.4. The SMILES string of the molecule is CNCC1CCCN(CC(=O)NC2CCCCC2)C1. The Labute approximate surface area is 117 Å². The molecule has 1 unspecified atom stereocenters. The van der Waals surface area contributed by atoms with Crippen LogP contribution in [0.1, 0.15) is 44.9 Å². The predicted molar refractivity (Wildman–Crippen MR) is 78.1 cm³/mol. The summed E-state index contributed by atoms with van der Waals surface area (Å²) in [6, 6.07) is 0.444. The van der Waals surface area contributed by atoms with Gasteiger partial charge in [-0.15, -0.1) is 0 Å². The van der Waals surface area contributed by atoms with Gasteiger partial charge in [0, 0.05) is 12.6 Å². The van der Waals surface area contributed by atoms with Crippen LogP contribution in [0.3, 0.4) is 0 Å². The van der Waals surface area contributed by atoms with Crippen LogP contribution < -0.4 is 10.6 Å². The van der Waals surface area contributed by atoms with E-state index in [1.807, 2.05) is 7.05 Å². The number of amides is 1. The molecule has 19 heavy (non-hydrogen) atoms. The minimum atomic E-state index is 0.233. The zero-order chi connectivity index (χ0) is 13.5. The second-order valence-electron chi connectivity index (χ2n) is 6.20. The Hall–Kier alpha value is -0.610. The minimum Gasteiger partial charge on any atom is -0.352 e. The normalized spacial score (nSPS) is 26.3. The molecule has 4 heteroatoms. The molecule has 1 amide bonds. The molecule has 0 aromatic rings.